The molecule has 1 aliphatic carbocycles. The molecule has 1 aliphatic heterocycles. The highest BCUT2D eigenvalue weighted by molar-refractivity contribution is 7.89. The number of aliphatic carboxylic acids is 1. The van der Waals surface area contributed by atoms with Crippen LogP contribution in [0.2, 0.25) is 0 Å². The van der Waals surface area contributed by atoms with Crippen molar-refractivity contribution in [2.75, 3.05) is 13.1 Å². The fraction of sp³-hybridized carbons (Fsp3) is 0.500. The van der Waals surface area contributed by atoms with Gasteiger partial charge in [0.1, 0.15) is 4.90 Å². The third kappa shape index (κ3) is 2.68. The van der Waals surface area contributed by atoms with E-state index in [0.717, 1.165) is 17.6 Å². The normalized spacial score (nSPS) is 21.3. The van der Waals surface area contributed by atoms with E-state index in [1.807, 2.05) is 0 Å². The minimum atomic E-state index is -3.58. The first kappa shape index (κ1) is 16.1. The molecule has 0 atom stereocenters. The molecule has 7 heteroatoms. The largest absolute Gasteiger partial charge is 0.481 e. The molecule has 2 heterocycles. The Morgan fingerprint density at radius 2 is 2.09 bits per heavy atom. The second-order valence-electron chi connectivity index (χ2n) is 6.28. The summed E-state index contributed by atoms with van der Waals surface area (Å²) in [5.41, 5.74) is 0.921. The summed E-state index contributed by atoms with van der Waals surface area (Å²) in [5.74, 6) is -0.783. The van der Waals surface area contributed by atoms with Crippen LogP contribution in [0.3, 0.4) is 0 Å². The lowest BCUT2D eigenvalue weighted by Crippen LogP contribution is -2.44. The number of carbonyl (C=O) groups is 1. The van der Waals surface area contributed by atoms with Crippen molar-refractivity contribution in [3.8, 4) is 0 Å². The van der Waals surface area contributed by atoms with E-state index in [9.17, 15) is 18.3 Å². The van der Waals surface area contributed by atoms with Crippen LogP contribution in [0, 0.1) is 12.3 Å². The monoisotopic (exact) mass is 336 g/mol. The summed E-state index contributed by atoms with van der Waals surface area (Å²) in [4.78, 5) is 15.7. The molecule has 23 heavy (non-hydrogen) atoms. The van der Waals surface area contributed by atoms with Crippen molar-refractivity contribution in [2.24, 2.45) is 5.41 Å². The van der Waals surface area contributed by atoms with Crippen molar-refractivity contribution < 1.29 is 18.3 Å². The summed E-state index contributed by atoms with van der Waals surface area (Å²) in [5, 5.41) is 9.49. The van der Waals surface area contributed by atoms with E-state index in [4.69, 9.17) is 0 Å². The molecule has 6 nitrogen and oxygen atoms in total. The summed E-state index contributed by atoms with van der Waals surface area (Å²) >= 11 is 0. The molecule has 124 valence electrons. The van der Waals surface area contributed by atoms with Crippen LogP contribution in [0.1, 0.15) is 31.2 Å². The summed E-state index contributed by atoms with van der Waals surface area (Å²) in [7, 11) is -3.58. The SMILES string of the molecule is Cc1cncc(S(=O)(=O)N2CC=C(C3(C(=O)O)CCC3)CC2)c1. The van der Waals surface area contributed by atoms with Crippen molar-refractivity contribution in [1.82, 2.24) is 9.29 Å². The minimum Gasteiger partial charge on any atom is -0.481 e. The standard InChI is InChI=1S/C16H20N2O4S/c1-12-9-14(11-17-10-12)23(21,22)18-7-3-13(4-8-18)16(15(19)20)5-2-6-16/h3,9-11H,2,4-8H2,1H3,(H,19,20). The van der Waals surface area contributed by atoms with Crippen LogP contribution < -0.4 is 0 Å². The lowest BCUT2D eigenvalue weighted by molar-refractivity contribution is -0.151. The summed E-state index contributed by atoms with van der Waals surface area (Å²) in [6.45, 7) is 2.34. The molecular weight excluding hydrogens is 316 g/mol. The van der Waals surface area contributed by atoms with Crippen LogP contribution in [0.4, 0.5) is 0 Å². The van der Waals surface area contributed by atoms with Gasteiger partial charge in [0.05, 0.1) is 5.41 Å². The Morgan fingerprint density at radius 3 is 2.57 bits per heavy atom. The van der Waals surface area contributed by atoms with Gasteiger partial charge in [-0.05, 0) is 37.8 Å². The second-order valence-corrected chi connectivity index (χ2v) is 8.22. The van der Waals surface area contributed by atoms with Gasteiger partial charge in [-0.3, -0.25) is 9.78 Å². The van der Waals surface area contributed by atoms with E-state index < -0.39 is 21.4 Å². The summed E-state index contributed by atoms with van der Waals surface area (Å²) in [6, 6.07) is 1.60. The number of nitrogens with zero attached hydrogens (tertiary/aromatic N) is 2. The number of hydrogen-bond donors (Lipinski definition) is 1. The van der Waals surface area contributed by atoms with Crippen molar-refractivity contribution in [1.29, 1.82) is 0 Å². The van der Waals surface area contributed by atoms with Crippen LogP contribution in [0.5, 0.6) is 0 Å². The Balaban J connectivity index is 1.82. The van der Waals surface area contributed by atoms with Gasteiger partial charge in [0.15, 0.2) is 0 Å². The molecule has 1 aromatic heterocycles. The quantitative estimate of drug-likeness (QED) is 0.849. The fourth-order valence-electron chi connectivity index (χ4n) is 3.32. The van der Waals surface area contributed by atoms with E-state index in [2.05, 4.69) is 4.98 Å². The predicted molar refractivity (Wildman–Crippen MR) is 84.4 cm³/mol. The first-order valence-electron chi connectivity index (χ1n) is 7.71. The van der Waals surface area contributed by atoms with E-state index >= 15 is 0 Å². The molecule has 3 rings (SSSR count). The lowest BCUT2D eigenvalue weighted by atomic mass is 9.63. The maximum Gasteiger partial charge on any atom is 0.313 e. The highest BCUT2D eigenvalue weighted by Crippen LogP contribution is 2.49. The molecule has 1 saturated carbocycles. The number of pyridine rings is 1. The average Bonchev–Trinajstić information content (AvgIpc) is 2.46. The van der Waals surface area contributed by atoms with Gasteiger partial charge in [-0.1, -0.05) is 18.1 Å². The Morgan fingerprint density at radius 1 is 1.35 bits per heavy atom. The molecule has 0 spiro atoms. The molecule has 1 aromatic rings. The van der Waals surface area contributed by atoms with E-state index in [1.54, 1.807) is 25.3 Å². The van der Waals surface area contributed by atoms with Gasteiger partial charge < -0.3 is 5.11 Å². The Bertz CT molecular complexity index is 766. The molecular formula is C16H20N2O4S. The number of rotatable bonds is 4. The number of aryl methyl sites for hydroxylation is 1. The van der Waals surface area contributed by atoms with E-state index in [-0.39, 0.29) is 11.4 Å². The van der Waals surface area contributed by atoms with Crippen molar-refractivity contribution >= 4 is 16.0 Å². The highest BCUT2D eigenvalue weighted by atomic mass is 32.2. The molecule has 2 aliphatic rings. The number of carboxylic acid groups (broad SMARTS) is 1. The van der Waals surface area contributed by atoms with Crippen molar-refractivity contribution in [3.05, 3.63) is 35.7 Å². The van der Waals surface area contributed by atoms with Crippen LogP contribution in [-0.2, 0) is 14.8 Å². The molecule has 0 radical (unpaired) electrons. The van der Waals surface area contributed by atoms with Crippen LogP contribution in [0.25, 0.3) is 0 Å². The van der Waals surface area contributed by atoms with Crippen LogP contribution in [0.15, 0.2) is 35.0 Å². The predicted octanol–water partition coefficient (Wildman–Crippen LogP) is 1.97. The van der Waals surface area contributed by atoms with Crippen molar-refractivity contribution in [2.45, 2.75) is 37.5 Å². The molecule has 0 amide bonds. The average molecular weight is 336 g/mol. The molecule has 0 saturated heterocycles. The molecule has 0 unspecified atom stereocenters. The Hall–Kier alpha value is -1.73. The van der Waals surface area contributed by atoms with Crippen LogP contribution >= 0.6 is 0 Å². The third-order valence-corrected chi connectivity index (χ3v) is 6.72. The fourth-order valence-corrected chi connectivity index (χ4v) is 4.75. The zero-order valence-electron chi connectivity index (χ0n) is 13.0. The molecule has 0 bridgehead atoms. The van der Waals surface area contributed by atoms with Gasteiger partial charge >= 0.3 is 5.97 Å². The lowest BCUT2D eigenvalue weighted by Gasteiger charge is -2.42. The maximum atomic E-state index is 12.7. The first-order chi connectivity index (χ1) is 10.9. The van der Waals surface area contributed by atoms with Gasteiger partial charge in [0.2, 0.25) is 10.0 Å². The van der Waals surface area contributed by atoms with Gasteiger partial charge in [0.25, 0.3) is 0 Å². The Kier molecular flexibility index (Phi) is 4.01. The second kappa shape index (κ2) is 5.72. The van der Waals surface area contributed by atoms with Crippen molar-refractivity contribution in [3.63, 3.8) is 0 Å². The highest BCUT2D eigenvalue weighted by Gasteiger charge is 2.48. The number of aromatic nitrogens is 1. The minimum absolute atomic E-state index is 0.186. The summed E-state index contributed by atoms with van der Waals surface area (Å²) < 4.78 is 26.7. The van der Waals surface area contributed by atoms with E-state index in [0.29, 0.717) is 25.8 Å². The number of hydrogen-bond acceptors (Lipinski definition) is 4. The van der Waals surface area contributed by atoms with Gasteiger partial charge in [-0.25, -0.2) is 8.42 Å². The Labute approximate surface area is 135 Å². The third-order valence-electron chi connectivity index (χ3n) is 4.89. The topological polar surface area (TPSA) is 87.6 Å². The van der Waals surface area contributed by atoms with Gasteiger partial charge in [-0.15, -0.1) is 0 Å². The maximum absolute atomic E-state index is 12.7. The van der Waals surface area contributed by atoms with Crippen LogP contribution in [-0.4, -0.2) is 41.9 Å². The molecule has 1 fully saturated rings. The number of carboxylic acids is 1. The summed E-state index contributed by atoms with van der Waals surface area (Å²) in [6.07, 6.45) is 7.46. The first-order valence-corrected chi connectivity index (χ1v) is 9.15. The smallest absolute Gasteiger partial charge is 0.313 e. The van der Waals surface area contributed by atoms with Gasteiger partial charge in [0, 0.05) is 25.5 Å². The zero-order valence-corrected chi connectivity index (χ0v) is 13.8. The van der Waals surface area contributed by atoms with Gasteiger partial charge in [-0.2, -0.15) is 4.31 Å². The van der Waals surface area contributed by atoms with E-state index in [1.165, 1.54) is 10.5 Å². The zero-order chi connectivity index (χ0) is 16.7. The number of sulfonamides is 1. The molecule has 1 N–H and O–H groups in total. The molecule has 0 aromatic carbocycles.